The standard InChI is InChI=1S/C13H16N2O3/c1-8-4-2-5-9(8)12(16)15-11-7-3-6-10(14-11)13(17)18/h3,6-9H,2,4-5H2,1H3,(H,17,18)(H,14,15,16). The second-order valence-electron chi connectivity index (χ2n) is 4.72. The van der Waals surface area contributed by atoms with Gasteiger partial charge in [-0.2, -0.15) is 0 Å². The number of carboxylic acids is 1. The summed E-state index contributed by atoms with van der Waals surface area (Å²) in [6.45, 7) is 2.07. The van der Waals surface area contributed by atoms with Gasteiger partial charge in [0.25, 0.3) is 0 Å². The zero-order chi connectivity index (χ0) is 13.1. The molecule has 1 aliphatic rings. The number of aromatic carboxylic acids is 1. The van der Waals surface area contributed by atoms with Gasteiger partial charge in [0.15, 0.2) is 5.69 Å². The number of carbonyl (C=O) groups excluding carboxylic acids is 1. The quantitative estimate of drug-likeness (QED) is 0.859. The molecule has 5 nitrogen and oxygen atoms in total. The molecule has 1 fully saturated rings. The first kappa shape index (κ1) is 12.5. The molecule has 2 N–H and O–H groups in total. The van der Waals surface area contributed by atoms with Crippen molar-refractivity contribution in [3.8, 4) is 0 Å². The second-order valence-corrected chi connectivity index (χ2v) is 4.72. The lowest BCUT2D eigenvalue weighted by Gasteiger charge is -2.14. The van der Waals surface area contributed by atoms with E-state index in [1.54, 1.807) is 12.1 Å². The number of carbonyl (C=O) groups is 2. The Kier molecular flexibility index (Phi) is 3.60. The van der Waals surface area contributed by atoms with Gasteiger partial charge < -0.3 is 10.4 Å². The summed E-state index contributed by atoms with van der Waals surface area (Å²) < 4.78 is 0. The van der Waals surface area contributed by atoms with E-state index in [4.69, 9.17) is 5.11 Å². The molecule has 1 saturated carbocycles. The fourth-order valence-electron chi connectivity index (χ4n) is 2.38. The zero-order valence-corrected chi connectivity index (χ0v) is 10.2. The molecule has 1 aliphatic carbocycles. The lowest BCUT2D eigenvalue weighted by molar-refractivity contribution is -0.120. The predicted molar refractivity (Wildman–Crippen MR) is 66.3 cm³/mol. The molecule has 2 rings (SSSR count). The van der Waals surface area contributed by atoms with Crippen molar-refractivity contribution in [3.05, 3.63) is 23.9 Å². The molecule has 0 bridgehead atoms. The normalized spacial score (nSPS) is 22.7. The van der Waals surface area contributed by atoms with Gasteiger partial charge in [-0.05, 0) is 30.9 Å². The largest absolute Gasteiger partial charge is 0.477 e. The first-order chi connectivity index (χ1) is 8.58. The second kappa shape index (κ2) is 5.16. The van der Waals surface area contributed by atoms with E-state index in [1.807, 2.05) is 0 Å². The third-order valence-electron chi connectivity index (χ3n) is 3.42. The molecular formula is C13H16N2O3. The van der Waals surface area contributed by atoms with Crippen molar-refractivity contribution in [2.75, 3.05) is 5.32 Å². The summed E-state index contributed by atoms with van der Waals surface area (Å²) >= 11 is 0. The number of aromatic nitrogens is 1. The van der Waals surface area contributed by atoms with Gasteiger partial charge in [0, 0.05) is 5.92 Å². The number of nitrogens with one attached hydrogen (secondary N) is 1. The molecule has 96 valence electrons. The smallest absolute Gasteiger partial charge is 0.354 e. The van der Waals surface area contributed by atoms with Crippen molar-refractivity contribution in [1.29, 1.82) is 0 Å². The van der Waals surface area contributed by atoms with Crippen molar-refractivity contribution in [3.63, 3.8) is 0 Å². The molecule has 0 aromatic carbocycles. The zero-order valence-electron chi connectivity index (χ0n) is 10.2. The van der Waals surface area contributed by atoms with Crippen LogP contribution in [0.4, 0.5) is 5.82 Å². The molecule has 1 aromatic heterocycles. The highest BCUT2D eigenvalue weighted by atomic mass is 16.4. The summed E-state index contributed by atoms with van der Waals surface area (Å²) in [6.07, 6.45) is 3.04. The van der Waals surface area contributed by atoms with Crippen LogP contribution in [-0.4, -0.2) is 22.0 Å². The molecule has 1 amide bonds. The predicted octanol–water partition coefficient (Wildman–Crippen LogP) is 2.15. The highest BCUT2D eigenvalue weighted by Crippen LogP contribution is 2.31. The van der Waals surface area contributed by atoms with E-state index in [9.17, 15) is 9.59 Å². The Hall–Kier alpha value is -1.91. The maximum Gasteiger partial charge on any atom is 0.354 e. The molecule has 0 radical (unpaired) electrons. The maximum atomic E-state index is 12.0. The minimum absolute atomic E-state index is 0.0142. The summed E-state index contributed by atoms with van der Waals surface area (Å²) in [5.41, 5.74) is -0.0627. The molecule has 1 aromatic rings. The molecule has 1 heterocycles. The summed E-state index contributed by atoms with van der Waals surface area (Å²) in [4.78, 5) is 26.7. The Labute approximate surface area is 105 Å². The van der Waals surface area contributed by atoms with Crippen LogP contribution in [0.2, 0.25) is 0 Å². The SMILES string of the molecule is CC1CCCC1C(=O)Nc1cccc(C(=O)O)n1. The topological polar surface area (TPSA) is 79.3 Å². The van der Waals surface area contributed by atoms with Gasteiger partial charge >= 0.3 is 5.97 Å². The molecule has 0 saturated heterocycles. The fourth-order valence-corrected chi connectivity index (χ4v) is 2.38. The van der Waals surface area contributed by atoms with Crippen molar-refractivity contribution in [2.45, 2.75) is 26.2 Å². The molecule has 2 atom stereocenters. The van der Waals surface area contributed by atoms with E-state index in [0.29, 0.717) is 11.7 Å². The van der Waals surface area contributed by atoms with E-state index in [1.165, 1.54) is 6.07 Å². The van der Waals surface area contributed by atoms with E-state index >= 15 is 0 Å². The summed E-state index contributed by atoms with van der Waals surface area (Å²) in [5, 5.41) is 11.5. The Bertz CT molecular complexity index is 473. The number of pyridine rings is 1. The van der Waals surface area contributed by atoms with Gasteiger partial charge in [-0.3, -0.25) is 4.79 Å². The Morgan fingerprint density at radius 3 is 2.78 bits per heavy atom. The van der Waals surface area contributed by atoms with Gasteiger partial charge in [-0.1, -0.05) is 19.4 Å². The molecule has 2 unspecified atom stereocenters. The van der Waals surface area contributed by atoms with Gasteiger partial charge in [0.05, 0.1) is 0 Å². The van der Waals surface area contributed by atoms with Crippen LogP contribution in [0.1, 0.15) is 36.7 Å². The van der Waals surface area contributed by atoms with Crippen molar-refractivity contribution >= 4 is 17.7 Å². The average molecular weight is 248 g/mol. The van der Waals surface area contributed by atoms with Crippen LogP contribution in [0.25, 0.3) is 0 Å². The van der Waals surface area contributed by atoms with Crippen molar-refractivity contribution in [2.24, 2.45) is 11.8 Å². The number of carboxylic acid groups (broad SMARTS) is 1. The van der Waals surface area contributed by atoms with E-state index in [2.05, 4.69) is 17.2 Å². The fraction of sp³-hybridized carbons (Fsp3) is 0.462. The molecule has 18 heavy (non-hydrogen) atoms. The van der Waals surface area contributed by atoms with Crippen LogP contribution < -0.4 is 5.32 Å². The Morgan fingerprint density at radius 1 is 1.39 bits per heavy atom. The number of rotatable bonds is 3. The van der Waals surface area contributed by atoms with Crippen LogP contribution in [0.3, 0.4) is 0 Å². The van der Waals surface area contributed by atoms with Crippen LogP contribution in [-0.2, 0) is 4.79 Å². The third-order valence-corrected chi connectivity index (χ3v) is 3.42. The summed E-state index contributed by atoms with van der Waals surface area (Å²) in [7, 11) is 0. The Balaban J connectivity index is 2.07. The lowest BCUT2D eigenvalue weighted by atomic mass is 9.97. The molecular weight excluding hydrogens is 232 g/mol. The number of amides is 1. The average Bonchev–Trinajstić information content (AvgIpc) is 2.76. The number of hydrogen-bond donors (Lipinski definition) is 2. The summed E-state index contributed by atoms with van der Waals surface area (Å²) in [5.74, 6) is -0.456. The number of anilines is 1. The Morgan fingerprint density at radius 2 is 2.17 bits per heavy atom. The van der Waals surface area contributed by atoms with E-state index in [0.717, 1.165) is 19.3 Å². The van der Waals surface area contributed by atoms with Crippen LogP contribution in [0, 0.1) is 11.8 Å². The van der Waals surface area contributed by atoms with Crippen molar-refractivity contribution < 1.29 is 14.7 Å². The van der Waals surface area contributed by atoms with Crippen molar-refractivity contribution in [1.82, 2.24) is 4.98 Å². The molecule has 0 spiro atoms. The van der Waals surface area contributed by atoms with Gasteiger partial charge in [0.2, 0.25) is 5.91 Å². The van der Waals surface area contributed by atoms with Gasteiger partial charge in [-0.25, -0.2) is 9.78 Å². The number of nitrogens with zero attached hydrogens (tertiary/aromatic N) is 1. The number of hydrogen-bond acceptors (Lipinski definition) is 3. The first-order valence-electron chi connectivity index (χ1n) is 6.09. The first-order valence-corrected chi connectivity index (χ1v) is 6.09. The lowest BCUT2D eigenvalue weighted by Crippen LogP contribution is -2.25. The van der Waals surface area contributed by atoms with Crippen LogP contribution in [0.15, 0.2) is 18.2 Å². The van der Waals surface area contributed by atoms with E-state index < -0.39 is 5.97 Å². The monoisotopic (exact) mass is 248 g/mol. The minimum Gasteiger partial charge on any atom is -0.477 e. The van der Waals surface area contributed by atoms with E-state index in [-0.39, 0.29) is 17.5 Å². The maximum absolute atomic E-state index is 12.0. The van der Waals surface area contributed by atoms with Crippen LogP contribution in [0.5, 0.6) is 0 Å². The van der Waals surface area contributed by atoms with Gasteiger partial charge in [-0.15, -0.1) is 0 Å². The summed E-state index contributed by atoms with van der Waals surface area (Å²) in [6, 6.07) is 4.57. The molecule has 5 heteroatoms. The highest BCUT2D eigenvalue weighted by Gasteiger charge is 2.29. The third kappa shape index (κ3) is 2.67. The molecule has 0 aliphatic heterocycles. The minimum atomic E-state index is -1.10. The van der Waals surface area contributed by atoms with Gasteiger partial charge in [0.1, 0.15) is 5.82 Å². The van der Waals surface area contributed by atoms with Crippen LogP contribution >= 0.6 is 0 Å². The highest BCUT2D eigenvalue weighted by molar-refractivity contribution is 5.93.